The summed E-state index contributed by atoms with van der Waals surface area (Å²) in [6.07, 6.45) is 0.222. The number of hydrogen-bond acceptors (Lipinski definition) is 10. The molecule has 0 saturated carbocycles. The number of carboxylic acids is 1. The Labute approximate surface area is 119 Å². The van der Waals surface area contributed by atoms with Gasteiger partial charge < -0.3 is 10.4 Å². The molecule has 0 aromatic carbocycles. The van der Waals surface area contributed by atoms with Gasteiger partial charge in [0, 0.05) is 6.42 Å². The van der Waals surface area contributed by atoms with E-state index in [4.69, 9.17) is 25.9 Å². The molecule has 0 bridgehead atoms. The van der Waals surface area contributed by atoms with Gasteiger partial charge in [-0.3, -0.25) is 30.4 Å². The van der Waals surface area contributed by atoms with Crippen LogP contribution >= 0.6 is 0 Å². The van der Waals surface area contributed by atoms with Gasteiger partial charge in [0.15, 0.2) is 0 Å². The lowest BCUT2D eigenvalue weighted by Gasteiger charge is -2.18. The first kappa shape index (κ1) is 19.6. The molecule has 124 valence electrons. The highest BCUT2D eigenvalue weighted by Crippen LogP contribution is 2.08. The fourth-order valence-electron chi connectivity index (χ4n) is 1.37. The maximum atomic E-state index is 11.2. The van der Waals surface area contributed by atoms with Crippen molar-refractivity contribution >= 4 is 11.9 Å². The van der Waals surface area contributed by atoms with Gasteiger partial charge in [0.1, 0.15) is 19.3 Å². The Balaban J connectivity index is 3.85. The van der Waals surface area contributed by atoms with Crippen molar-refractivity contribution in [1.29, 1.82) is 0 Å². The molecule has 0 heterocycles. The molecule has 0 aliphatic heterocycles. The van der Waals surface area contributed by atoms with Crippen LogP contribution in [0.25, 0.3) is 0 Å². The Kier molecular flexibility index (Phi) is 10.6. The molecule has 0 aromatic rings. The van der Waals surface area contributed by atoms with Crippen LogP contribution in [0.4, 0.5) is 0 Å². The smallest absolute Gasteiger partial charge is 0.322 e. The zero-order valence-corrected chi connectivity index (χ0v) is 11.1. The SMILES string of the molecule is O=C(O)CNC(=O)CCCCC(CON(O)O)ON(O)O. The fourth-order valence-corrected chi connectivity index (χ4v) is 1.37. The molecule has 0 radical (unpaired) electrons. The summed E-state index contributed by atoms with van der Waals surface area (Å²) >= 11 is 0. The van der Waals surface area contributed by atoms with Crippen LogP contribution in [0, 0.1) is 0 Å². The normalized spacial score (nSPS) is 12.7. The topological polar surface area (TPSA) is 172 Å². The van der Waals surface area contributed by atoms with Crippen molar-refractivity contribution in [2.75, 3.05) is 13.2 Å². The summed E-state index contributed by atoms with van der Waals surface area (Å²) in [7, 11) is 0. The minimum atomic E-state index is -1.14. The molecule has 0 saturated heterocycles. The van der Waals surface area contributed by atoms with Crippen molar-refractivity contribution in [3.63, 3.8) is 0 Å². The minimum Gasteiger partial charge on any atom is -0.480 e. The first-order chi connectivity index (χ1) is 9.81. The number of unbranched alkanes of at least 4 members (excludes halogenated alkanes) is 1. The molecule has 0 fully saturated rings. The van der Waals surface area contributed by atoms with E-state index in [-0.39, 0.29) is 19.4 Å². The molecule has 1 atom stereocenters. The van der Waals surface area contributed by atoms with Gasteiger partial charge in [0.2, 0.25) is 5.91 Å². The molecule has 0 rings (SSSR count). The third-order valence-corrected chi connectivity index (χ3v) is 2.24. The van der Waals surface area contributed by atoms with E-state index in [2.05, 4.69) is 15.0 Å². The average molecular weight is 313 g/mol. The lowest BCUT2D eigenvalue weighted by atomic mass is 10.1. The zero-order valence-electron chi connectivity index (χ0n) is 11.1. The molecular weight excluding hydrogens is 294 g/mol. The molecule has 0 aliphatic carbocycles. The van der Waals surface area contributed by atoms with Gasteiger partial charge in [-0.1, -0.05) is 6.42 Å². The van der Waals surface area contributed by atoms with Crippen LogP contribution in [-0.4, -0.2) is 67.8 Å². The van der Waals surface area contributed by atoms with E-state index in [1.807, 2.05) is 0 Å². The van der Waals surface area contributed by atoms with Gasteiger partial charge in [0.25, 0.3) is 0 Å². The van der Waals surface area contributed by atoms with Gasteiger partial charge in [-0.2, -0.15) is 0 Å². The molecule has 21 heavy (non-hydrogen) atoms. The quantitative estimate of drug-likeness (QED) is 0.195. The van der Waals surface area contributed by atoms with Gasteiger partial charge in [-0.25, -0.2) is 9.68 Å². The summed E-state index contributed by atoms with van der Waals surface area (Å²) in [5.41, 5.74) is 0. The van der Waals surface area contributed by atoms with Crippen LogP contribution < -0.4 is 5.32 Å². The highest BCUT2D eigenvalue weighted by molar-refractivity contribution is 5.80. The average Bonchev–Trinajstić information content (AvgIpc) is 2.37. The number of nitrogens with one attached hydrogen (secondary N) is 1. The summed E-state index contributed by atoms with van der Waals surface area (Å²) in [4.78, 5) is 30.2. The van der Waals surface area contributed by atoms with Crippen molar-refractivity contribution in [1.82, 2.24) is 16.1 Å². The monoisotopic (exact) mass is 313 g/mol. The van der Waals surface area contributed by atoms with Crippen molar-refractivity contribution in [3.8, 4) is 0 Å². The van der Waals surface area contributed by atoms with Crippen LogP contribution in [-0.2, 0) is 19.3 Å². The van der Waals surface area contributed by atoms with Crippen LogP contribution in [0.15, 0.2) is 0 Å². The van der Waals surface area contributed by atoms with Gasteiger partial charge >= 0.3 is 5.97 Å². The second-order valence-corrected chi connectivity index (χ2v) is 3.94. The molecule has 0 aliphatic rings. The maximum Gasteiger partial charge on any atom is 0.322 e. The van der Waals surface area contributed by atoms with E-state index in [9.17, 15) is 9.59 Å². The van der Waals surface area contributed by atoms with Crippen molar-refractivity contribution < 1.29 is 45.2 Å². The largest absolute Gasteiger partial charge is 0.480 e. The molecule has 12 heteroatoms. The molecule has 12 nitrogen and oxygen atoms in total. The number of nitrogens with zero attached hydrogens (tertiary/aromatic N) is 2. The van der Waals surface area contributed by atoms with E-state index in [1.165, 1.54) is 0 Å². The second kappa shape index (κ2) is 11.3. The number of hydrogen-bond donors (Lipinski definition) is 6. The highest BCUT2D eigenvalue weighted by atomic mass is 17.1. The summed E-state index contributed by atoms with van der Waals surface area (Å²) in [6, 6.07) is 0. The molecule has 1 amide bonds. The van der Waals surface area contributed by atoms with Crippen LogP contribution in [0.2, 0.25) is 0 Å². The molecule has 0 aromatic heterocycles. The lowest BCUT2D eigenvalue weighted by Crippen LogP contribution is -2.31. The number of carbonyl (C=O) groups excluding carboxylic acids is 1. The maximum absolute atomic E-state index is 11.2. The van der Waals surface area contributed by atoms with Crippen molar-refractivity contribution in [2.45, 2.75) is 31.8 Å². The van der Waals surface area contributed by atoms with Crippen molar-refractivity contribution in [3.05, 3.63) is 0 Å². The predicted molar refractivity (Wildman–Crippen MR) is 60.8 cm³/mol. The molecular formula is C9H19N3O9. The summed E-state index contributed by atoms with van der Waals surface area (Å²) < 4.78 is 0. The number of aliphatic carboxylic acids is 1. The Bertz CT molecular complexity index is 313. The third-order valence-electron chi connectivity index (χ3n) is 2.24. The zero-order chi connectivity index (χ0) is 16.3. The van der Waals surface area contributed by atoms with Gasteiger partial charge in [-0.05, 0) is 12.8 Å². The third kappa shape index (κ3) is 13.4. The Morgan fingerprint density at radius 2 is 1.76 bits per heavy atom. The van der Waals surface area contributed by atoms with E-state index in [0.29, 0.717) is 12.8 Å². The Hall–Kier alpha value is -1.38. The number of rotatable bonds is 12. The number of carboxylic acid groups (broad SMARTS) is 1. The van der Waals surface area contributed by atoms with E-state index in [0.717, 1.165) is 0 Å². The fraction of sp³-hybridized carbons (Fsp3) is 0.778. The Morgan fingerprint density at radius 3 is 2.29 bits per heavy atom. The molecule has 1 unspecified atom stereocenters. The van der Waals surface area contributed by atoms with Crippen LogP contribution in [0.5, 0.6) is 0 Å². The van der Waals surface area contributed by atoms with Crippen LogP contribution in [0.1, 0.15) is 25.7 Å². The van der Waals surface area contributed by atoms with Gasteiger partial charge in [-0.15, -0.1) is 0 Å². The van der Waals surface area contributed by atoms with Crippen molar-refractivity contribution in [2.24, 2.45) is 0 Å². The standard InChI is InChI=1S/C9H19N3O9/c13-8(10-5-9(14)15)4-2-1-3-7(21-12(18)19)6-20-11(16)17/h7,16-19H,1-6H2,(H,10,13)(H,14,15). The van der Waals surface area contributed by atoms with Gasteiger partial charge in [0.05, 0.1) is 10.8 Å². The summed E-state index contributed by atoms with van der Waals surface area (Å²) in [6.45, 7) is -0.832. The van der Waals surface area contributed by atoms with E-state index < -0.39 is 35.3 Å². The number of amides is 1. The number of carbonyl (C=O) groups is 2. The second-order valence-electron chi connectivity index (χ2n) is 3.94. The highest BCUT2D eigenvalue weighted by Gasteiger charge is 2.15. The van der Waals surface area contributed by atoms with E-state index in [1.54, 1.807) is 0 Å². The minimum absolute atomic E-state index is 0.0922. The van der Waals surface area contributed by atoms with E-state index >= 15 is 0 Å². The summed E-state index contributed by atoms with van der Waals surface area (Å²) in [5.74, 6) is -1.56. The molecule has 0 spiro atoms. The summed E-state index contributed by atoms with van der Waals surface area (Å²) in [5, 5.41) is 43.2. The first-order valence-electron chi connectivity index (χ1n) is 5.95. The lowest BCUT2D eigenvalue weighted by molar-refractivity contribution is -0.527. The first-order valence-corrected chi connectivity index (χ1v) is 5.95. The molecule has 6 N–H and O–H groups in total. The Morgan fingerprint density at radius 1 is 1.10 bits per heavy atom. The van der Waals surface area contributed by atoms with Crippen LogP contribution in [0.3, 0.4) is 0 Å². The predicted octanol–water partition coefficient (Wildman–Crippen LogP) is -0.860.